The molecule has 146 valence electrons. The molecular formula is C19H19N3O3S3. The van der Waals surface area contributed by atoms with Gasteiger partial charge in [-0.25, -0.2) is 4.98 Å². The number of aromatic nitrogens is 1. The zero-order valence-corrected chi connectivity index (χ0v) is 17.6. The van der Waals surface area contributed by atoms with Crippen LogP contribution in [0.15, 0.2) is 51.5 Å². The third kappa shape index (κ3) is 6.36. The molecule has 6 nitrogen and oxygen atoms in total. The Kier molecular flexibility index (Phi) is 7.46. The Morgan fingerprint density at radius 1 is 1.14 bits per heavy atom. The first-order valence-corrected chi connectivity index (χ1v) is 11.2. The smallest absolute Gasteiger partial charge is 0.234 e. The molecule has 28 heavy (non-hydrogen) atoms. The zero-order chi connectivity index (χ0) is 19.8. The van der Waals surface area contributed by atoms with Gasteiger partial charge in [0.1, 0.15) is 5.75 Å². The van der Waals surface area contributed by atoms with Crippen molar-refractivity contribution in [3.05, 3.63) is 57.7 Å². The Balaban J connectivity index is 1.41. The first-order valence-electron chi connectivity index (χ1n) is 8.42. The minimum Gasteiger partial charge on any atom is -0.497 e. The van der Waals surface area contributed by atoms with E-state index in [1.54, 1.807) is 42.7 Å². The molecule has 3 aromatic rings. The summed E-state index contributed by atoms with van der Waals surface area (Å²) in [5.41, 5.74) is 1.43. The summed E-state index contributed by atoms with van der Waals surface area (Å²) in [6, 6.07) is 11.1. The van der Waals surface area contributed by atoms with E-state index in [-0.39, 0.29) is 24.0 Å². The predicted molar refractivity (Wildman–Crippen MR) is 114 cm³/mol. The summed E-state index contributed by atoms with van der Waals surface area (Å²) in [7, 11) is 1.60. The maximum absolute atomic E-state index is 12.1. The van der Waals surface area contributed by atoms with Gasteiger partial charge < -0.3 is 15.4 Å². The SMILES string of the molecule is COc1ccc(NC(=O)CSc2nc(CC(=O)NCc3cccs3)cs2)cc1. The average molecular weight is 434 g/mol. The molecule has 2 amide bonds. The number of benzene rings is 1. The number of nitrogens with zero attached hydrogens (tertiary/aromatic N) is 1. The minimum atomic E-state index is -0.111. The van der Waals surface area contributed by atoms with E-state index in [1.807, 2.05) is 22.9 Å². The lowest BCUT2D eigenvalue weighted by Crippen LogP contribution is -2.24. The summed E-state index contributed by atoms with van der Waals surface area (Å²) >= 11 is 4.40. The normalized spacial score (nSPS) is 10.5. The Bertz CT molecular complexity index is 908. The molecule has 0 aliphatic heterocycles. The lowest BCUT2D eigenvalue weighted by Gasteiger charge is -2.05. The number of thiophene rings is 1. The van der Waals surface area contributed by atoms with Gasteiger partial charge in [0.2, 0.25) is 11.8 Å². The molecule has 0 bridgehead atoms. The molecule has 2 N–H and O–H groups in total. The van der Waals surface area contributed by atoms with Crippen molar-refractivity contribution in [1.29, 1.82) is 0 Å². The van der Waals surface area contributed by atoms with E-state index in [9.17, 15) is 9.59 Å². The number of carbonyl (C=O) groups is 2. The summed E-state index contributed by atoms with van der Waals surface area (Å²) in [5, 5.41) is 9.55. The molecule has 0 fully saturated rings. The summed E-state index contributed by atoms with van der Waals surface area (Å²) in [5.74, 6) is 0.819. The Morgan fingerprint density at radius 3 is 2.68 bits per heavy atom. The highest BCUT2D eigenvalue weighted by atomic mass is 32.2. The second-order valence-electron chi connectivity index (χ2n) is 5.70. The fraction of sp³-hybridized carbons (Fsp3) is 0.211. The van der Waals surface area contributed by atoms with Crippen LogP contribution in [0, 0.1) is 0 Å². The van der Waals surface area contributed by atoms with Crippen molar-refractivity contribution in [1.82, 2.24) is 10.3 Å². The second kappa shape index (κ2) is 10.3. The standard InChI is InChI=1S/C19H19N3O3S3/c1-25-15-6-4-13(5-7-15)21-18(24)12-28-19-22-14(11-27-19)9-17(23)20-10-16-3-2-8-26-16/h2-8,11H,9-10,12H2,1H3,(H,20,23)(H,21,24). The molecule has 0 unspecified atom stereocenters. The minimum absolute atomic E-state index is 0.0625. The van der Waals surface area contributed by atoms with Crippen LogP contribution in [-0.2, 0) is 22.6 Å². The van der Waals surface area contributed by atoms with Gasteiger partial charge in [-0.3, -0.25) is 9.59 Å². The summed E-state index contributed by atoms with van der Waals surface area (Å²) in [6.07, 6.45) is 0.237. The number of hydrogen-bond acceptors (Lipinski definition) is 7. The number of methoxy groups -OCH3 is 1. The summed E-state index contributed by atoms with van der Waals surface area (Å²) < 4.78 is 5.86. The van der Waals surface area contributed by atoms with Crippen LogP contribution in [0.1, 0.15) is 10.6 Å². The van der Waals surface area contributed by atoms with E-state index >= 15 is 0 Å². The van der Waals surface area contributed by atoms with Crippen LogP contribution in [0.3, 0.4) is 0 Å². The van der Waals surface area contributed by atoms with E-state index in [1.165, 1.54) is 23.1 Å². The van der Waals surface area contributed by atoms with Crippen molar-refractivity contribution in [2.24, 2.45) is 0 Å². The maximum Gasteiger partial charge on any atom is 0.234 e. The van der Waals surface area contributed by atoms with E-state index < -0.39 is 0 Å². The van der Waals surface area contributed by atoms with Crippen molar-refractivity contribution < 1.29 is 14.3 Å². The molecule has 0 aliphatic rings. The molecule has 9 heteroatoms. The highest BCUT2D eigenvalue weighted by Gasteiger charge is 2.10. The third-order valence-electron chi connectivity index (χ3n) is 3.61. The quantitative estimate of drug-likeness (QED) is 0.502. The molecule has 0 atom stereocenters. The monoisotopic (exact) mass is 433 g/mol. The number of nitrogens with one attached hydrogen (secondary N) is 2. The van der Waals surface area contributed by atoms with Crippen LogP contribution in [0.5, 0.6) is 5.75 Å². The number of ether oxygens (including phenoxy) is 1. The van der Waals surface area contributed by atoms with Gasteiger partial charge in [0.15, 0.2) is 4.34 Å². The van der Waals surface area contributed by atoms with E-state index in [2.05, 4.69) is 15.6 Å². The Labute approximate surface area is 175 Å². The summed E-state index contributed by atoms with van der Waals surface area (Å²) in [4.78, 5) is 29.6. The van der Waals surface area contributed by atoms with Crippen LogP contribution in [0.2, 0.25) is 0 Å². The number of rotatable bonds is 9. The first-order chi connectivity index (χ1) is 13.6. The van der Waals surface area contributed by atoms with E-state index in [4.69, 9.17) is 4.74 Å². The second-order valence-corrected chi connectivity index (χ2v) is 8.82. The van der Waals surface area contributed by atoms with Crippen molar-refractivity contribution in [3.8, 4) is 5.75 Å². The van der Waals surface area contributed by atoms with Crippen molar-refractivity contribution >= 4 is 51.9 Å². The van der Waals surface area contributed by atoms with Gasteiger partial charge >= 0.3 is 0 Å². The fourth-order valence-corrected chi connectivity index (χ4v) is 4.55. The molecule has 0 saturated heterocycles. The van der Waals surface area contributed by atoms with Crippen molar-refractivity contribution in [2.75, 3.05) is 18.2 Å². The molecule has 3 rings (SSSR count). The number of hydrogen-bond donors (Lipinski definition) is 2. The number of carbonyl (C=O) groups excluding carboxylic acids is 2. The van der Waals surface area contributed by atoms with Gasteiger partial charge in [-0.05, 0) is 35.7 Å². The highest BCUT2D eigenvalue weighted by Crippen LogP contribution is 2.23. The van der Waals surface area contributed by atoms with Crippen LogP contribution < -0.4 is 15.4 Å². The fourth-order valence-electron chi connectivity index (χ4n) is 2.26. The topological polar surface area (TPSA) is 80.3 Å². The van der Waals surface area contributed by atoms with Crippen LogP contribution in [0.25, 0.3) is 0 Å². The molecule has 0 saturated carbocycles. The van der Waals surface area contributed by atoms with Gasteiger partial charge in [0.05, 0.1) is 31.5 Å². The molecule has 0 aliphatic carbocycles. The lowest BCUT2D eigenvalue weighted by atomic mass is 10.3. The Hall–Kier alpha value is -2.36. The molecular weight excluding hydrogens is 414 g/mol. The van der Waals surface area contributed by atoms with Gasteiger partial charge in [-0.2, -0.15) is 0 Å². The molecule has 2 aromatic heterocycles. The number of thiazole rings is 1. The van der Waals surface area contributed by atoms with E-state index in [0.29, 0.717) is 17.9 Å². The largest absolute Gasteiger partial charge is 0.497 e. The average Bonchev–Trinajstić information content (AvgIpc) is 3.37. The Morgan fingerprint density at radius 2 is 1.96 bits per heavy atom. The highest BCUT2D eigenvalue weighted by molar-refractivity contribution is 8.01. The van der Waals surface area contributed by atoms with Gasteiger partial charge in [-0.15, -0.1) is 22.7 Å². The van der Waals surface area contributed by atoms with Crippen molar-refractivity contribution in [2.45, 2.75) is 17.3 Å². The van der Waals surface area contributed by atoms with Crippen LogP contribution >= 0.6 is 34.4 Å². The van der Waals surface area contributed by atoms with Gasteiger partial charge in [0, 0.05) is 15.9 Å². The first kappa shape index (κ1) is 20.4. The molecule has 2 heterocycles. The van der Waals surface area contributed by atoms with Crippen LogP contribution in [-0.4, -0.2) is 29.7 Å². The maximum atomic E-state index is 12.1. The van der Waals surface area contributed by atoms with Crippen LogP contribution in [0.4, 0.5) is 5.69 Å². The van der Waals surface area contributed by atoms with Gasteiger partial charge in [0.25, 0.3) is 0 Å². The molecule has 0 spiro atoms. The molecule has 0 radical (unpaired) electrons. The number of anilines is 1. The van der Waals surface area contributed by atoms with Gasteiger partial charge in [-0.1, -0.05) is 17.8 Å². The van der Waals surface area contributed by atoms with E-state index in [0.717, 1.165) is 15.0 Å². The third-order valence-corrected chi connectivity index (χ3v) is 6.56. The lowest BCUT2D eigenvalue weighted by molar-refractivity contribution is -0.120. The molecule has 1 aromatic carbocycles. The van der Waals surface area contributed by atoms with Crippen molar-refractivity contribution in [3.63, 3.8) is 0 Å². The number of thioether (sulfide) groups is 1. The summed E-state index contributed by atoms with van der Waals surface area (Å²) in [6.45, 7) is 0.535. The number of amides is 2. The zero-order valence-electron chi connectivity index (χ0n) is 15.1. The predicted octanol–water partition coefficient (Wildman–Crippen LogP) is 3.80.